The fraction of sp³-hybridized carbons (Fsp3) is 0.250. The van der Waals surface area contributed by atoms with E-state index in [4.69, 9.17) is 0 Å². The van der Waals surface area contributed by atoms with Crippen molar-refractivity contribution in [3.8, 4) is 0 Å². The second kappa shape index (κ2) is 5.83. The molecule has 0 saturated carbocycles. The number of nitrogens with zero attached hydrogens (tertiary/aromatic N) is 4. The number of para-hydroxylation sites is 1. The summed E-state index contributed by atoms with van der Waals surface area (Å²) in [5.74, 6) is 0. The number of anilines is 1. The molecule has 108 valence electrons. The Morgan fingerprint density at radius 3 is 2.71 bits per heavy atom. The van der Waals surface area contributed by atoms with Crippen LogP contribution in [-0.2, 0) is 20.1 Å². The first-order chi connectivity index (χ1) is 10.2. The number of benzene rings is 1. The van der Waals surface area contributed by atoms with Gasteiger partial charge in [0.1, 0.15) is 0 Å². The molecule has 0 radical (unpaired) electrons. The number of hydrogen-bond acceptors (Lipinski definition) is 3. The third kappa shape index (κ3) is 3.13. The molecule has 2 heterocycles. The number of aryl methyl sites for hydroxylation is 2. The lowest BCUT2D eigenvalue weighted by Crippen LogP contribution is -2.06. The van der Waals surface area contributed by atoms with E-state index in [2.05, 4.69) is 39.9 Å². The van der Waals surface area contributed by atoms with Gasteiger partial charge < -0.3 is 5.32 Å². The Kier molecular flexibility index (Phi) is 3.73. The summed E-state index contributed by atoms with van der Waals surface area (Å²) < 4.78 is 3.78. The van der Waals surface area contributed by atoms with E-state index >= 15 is 0 Å². The monoisotopic (exact) mass is 281 g/mol. The number of nitrogens with one attached hydrogen (secondary N) is 1. The number of aromatic nitrogens is 4. The van der Waals surface area contributed by atoms with Gasteiger partial charge in [-0.25, -0.2) is 0 Å². The van der Waals surface area contributed by atoms with Gasteiger partial charge in [-0.1, -0.05) is 18.2 Å². The fourth-order valence-electron chi connectivity index (χ4n) is 2.41. The van der Waals surface area contributed by atoms with Gasteiger partial charge in [0.05, 0.1) is 12.2 Å². The average Bonchev–Trinajstić information content (AvgIpc) is 3.08. The van der Waals surface area contributed by atoms with E-state index < -0.39 is 0 Å². The van der Waals surface area contributed by atoms with Crippen LogP contribution < -0.4 is 5.32 Å². The summed E-state index contributed by atoms with van der Waals surface area (Å²) in [6, 6.07) is 10.3. The Bertz CT molecular complexity index is 712. The van der Waals surface area contributed by atoms with Crippen molar-refractivity contribution in [3.63, 3.8) is 0 Å². The summed E-state index contributed by atoms with van der Waals surface area (Å²) in [6.45, 7) is 3.57. The molecule has 2 aromatic heterocycles. The van der Waals surface area contributed by atoms with Crippen LogP contribution in [0.5, 0.6) is 0 Å². The van der Waals surface area contributed by atoms with E-state index in [1.165, 1.54) is 11.1 Å². The van der Waals surface area contributed by atoms with Crippen molar-refractivity contribution in [2.45, 2.75) is 20.0 Å². The lowest BCUT2D eigenvalue weighted by molar-refractivity contribution is 0.687. The molecular weight excluding hydrogens is 262 g/mol. The highest BCUT2D eigenvalue weighted by Gasteiger charge is 2.06. The molecule has 5 heteroatoms. The minimum Gasteiger partial charge on any atom is -0.381 e. The molecule has 0 atom stereocenters. The molecule has 5 nitrogen and oxygen atoms in total. The van der Waals surface area contributed by atoms with Crippen molar-refractivity contribution in [3.05, 3.63) is 65.7 Å². The molecule has 0 bridgehead atoms. The van der Waals surface area contributed by atoms with E-state index in [1.807, 2.05) is 41.7 Å². The summed E-state index contributed by atoms with van der Waals surface area (Å²) in [6.07, 6.45) is 5.83. The summed E-state index contributed by atoms with van der Waals surface area (Å²) >= 11 is 0. The van der Waals surface area contributed by atoms with Gasteiger partial charge in [-0.15, -0.1) is 0 Å². The average molecular weight is 281 g/mol. The third-order valence-electron chi connectivity index (χ3n) is 3.49. The second-order valence-electron chi connectivity index (χ2n) is 5.13. The predicted octanol–water partition coefficient (Wildman–Crippen LogP) is 2.59. The molecule has 3 aromatic rings. The van der Waals surface area contributed by atoms with Crippen molar-refractivity contribution in [1.82, 2.24) is 19.6 Å². The molecule has 21 heavy (non-hydrogen) atoms. The van der Waals surface area contributed by atoms with Gasteiger partial charge in [-0.05, 0) is 24.6 Å². The molecule has 0 aliphatic rings. The van der Waals surface area contributed by atoms with Gasteiger partial charge in [0.15, 0.2) is 0 Å². The second-order valence-corrected chi connectivity index (χ2v) is 5.13. The highest BCUT2D eigenvalue weighted by atomic mass is 15.3. The molecule has 3 rings (SSSR count). The molecule has 0 amide bonds. The first-order valence-electron chi connectivity index (χ1n) is 7.00. The zero-order valence-electron chi connectivity index (χ0n) is 12.3. The smallest absolute Gasteiger partial charge is 0.0679 e. The Morgan fingerprint density at radius 2 is 2.00 bits per heavy atom. The van der Waals surface area contributed by atoms with Crippen molar-refractivity contribution in [2.24, 2.45) is 7.05 Å². The molecule has 0 aliphatic heterocycles. The molecule has 1 N–H and O–H groups in total. The maximum atomic E-state index is 4.37. The van der Waals surface area contributed by atoms with Crippen LogP contribution in [0, 0.1) is 6.92 Å². The van der Waals surface area contributed by atoms with Gasteiger partial charge in [-0.2, -0.15) is 10.2 Å². The first-order valence-corrected chi connectivity index (χ1v) is 7.00. The van der Waals surface area contributed by atoms with E-state index in [0.29, 0.717) is 0 Å². The van der Waals surface area contributed by atoms with Gasteiger partial charge in [0.2, 0.25) is 0 Å². The van der Waals surface area contributed by atoms with Crippen LogP contribution in [0.4, 0.5) is 5.69 Å². The molecule has 0 unspecified atom stereocenters. The topological polar surface area (TPSA) is 47.7 Å². The lowest BCUT2D eigenvalue weighted by atomic mass is 10.1. The van der Waals surface area contributed by atoms with Gasteiger partial charge in [0, 0.05) is 43.4 Å². The van der Waals surface area contributed by atoms with E-state index in [9.17, 15) is 0 Å². The molecule has 0 saturated heterocycles. The summed E-state index contributed by atoms with van der Waals surface area (Å²) in [5.41, 5.74) is 4.64. The number of rotatable bonds is 5. The molecule has 1 aromatic carbocycles. The molecule has 0 aliphatic carbocycles. The number of hydrogen-bond donors (Lipinski definition) is 1. The fourth-order valence-corrected chi connectivity index (χ4v) is 2.41. The van der Waals surface area contributed by atoms with Crippen LogP contribution in [0.15, 0.2) is 48.9 Å². The zero-order valence-corrected chi connectivity index (χ0v) is 12.3. The maximum absolute atomic E-state index is 4.37. The Morgan fingerprint density at radius 1 is 1.14 bits per heavy atom. The quantitative estimate of drug-likeness (QED) is 0.782. The van der Waals surface area contributed by atoms with E-state index in [-0.39, 0.29) is 0 Å². The minimum atomic E-state index is 0.766. The molecular formula is C16H19N5. The van der Waals surface area contributed by atoms with Crippen LogP contribution in [0.3, 0.4) is 0 Å². The summed E-state index contributed by atoms with van der Waals surface area (Å²) in [5, 5.41) is 12.1. The van der Waals surface area contributed by atoms with Crippen molar-refractivity contribution < 1.29 is 0 Å². The van der Waals surface area contributed by atoms with Crippen molar-refractivity contribution in [1.29, 1.82) is 0 Å². The largest absolute Gasteiger partial charge is 0.381 e. The van der Waals surface area contributed by atoms with Crippen molar-refractivity contribution in [2.75, 3.05) is 5.32 Å². The van der Waals surface area contributed by atoms with Crippen LogP contribution in [0.2, 0.25) is 0 Å². The van der Waals surface area contributed by atoms with Gasteiger partial charge in [0.25, 0.3) is 0 Å². The Hall–Kier alpha value is -2.56. The molecule has 0 fully saturated rings. The predicted molar refractivity (Wildman–Crippen MR) is 83.0 cm³/mol. The van der Waals surface area contributed by atoms with Crippen LogP contribution >= 0.6 is 0 Å². The van der Waals surface area contributed by atoms with E-state index in [1.54, 1.807) is 6.20 Å². The van der Waals surface area contributed by atoms with Crippen molar-refractivity contribution >= 4 is 5.69 Å². The minimum absolute atomic E-state index is 0.766. The van der Waals surface area contributed by atoms with E-state index in [0.717, 1.165) is 24.5 Å². The standard InChI is InChI=1S/C16H19N5/c1-13-15(11-20(2)19-13)10-17-16-7-4-3-6-14(16)12-21-9-5-8-18-21/h3-9,11,17H,10,12H2,1-2H3. The van der Waals surface area contributed by atoms with Gasteiger partial charge >= 0.3 is 0 Å². The Labute approximate surface area is 124 Å². The van der Waals surface area contributed by atoms with Gasteiger partial charge in [-0.3, -0.25) is 9.36 Å². The molecule has 0 spiro atoms. The highest BCUT2D eigenvalue weighted by Crippen LogP contribution is 2.18. The van der Waals surface area contributed by atoms with Crippen LogP contribution in [-0.4, -0.2) is 19.6 Å². The highest BCUT2D eigenvalue weighted by molar-refractivity contribution is 5.51. The van der Waals surface area contributed by atoms with Crippen LogP contribution in [0.1, 0.15) is 16.8 Å². The summed E-state index contributed by atoms with van der Waals surface area (Å²) in [4.78, 5) is 0. The lowest BCUT2D eigenvalue weighted by Gasteiger charge is -2.12. The van der Waals surface area contributed by atoms with Crippen LogP contribution in [0.25, 0.3) is 0 Å². The summed E-state index contributed by atoms with van der Waals surface area (Å²) in [7, 11) is 1.95. The third-order valence-corrected chi connectivity index (χ3v) is 3.49. The first kappa shape index (κ1) is 13.4. The maximum Gasteiger partial charge on any atom is 0.0679 e. The Balaban J connectivity index is 1.74. The normalized spacial score (nSPS) is 10.8. The zero-order chi connectivity index (χ0) is 14.7. The SMILES string of the molecule is Cc1nn(C)cc1CNc1ccccc1Cn1cccn1.